The van der Waals surface area contributed by atoms with Gasteiger partial charge in [0.25, 0.3) is 0 Å². The second-order valence-corrected chi connectivity index (χ2v) is 4.23. The summed E-state index contributed by atoms with van der Waals surface area (Å²) in [4.78, 5) is 4.93. The predicted octanol–water partition coefficient (Wildman–Crippen LogP) is 2.56. The van der Waals surface area contributed by atoms with Gasteiger partial charge in [-0.25, -0.2) is 4.39 Å². The summed E-state index contributed by atoms with van der Waals surface area (Å²) < 4.78 is 12.6. The van der Waals surface area contributed by atoms with E-state index in [-0.39, 0.29) is 5.82 Å². The predicted molar refractivity (Wildman–Crippen MR) is 57.2 cm³/mol. The van der Waals surface area contributed by atoms with Gasteiger partial charge < -0.3 is 5.11 Å². The molecule has 2 rings (SSSR count). The summed E-state index contributed by atoms with van der Waals surface area (Å²) in [5.74, 6) is -0.387. The van der Waals surface area contributed by atoms with Crippen molar-refractivity contribution < 1.29 is 9.50 Å². The maximum absolute atomic E-state index is 12.6. The van der Waals surface area contributed by atoms with Crippen LogP contribution in [0, 0.1) is 5.82 Å². The molecule has 2 aromatic rings. The normalized spacial score (nSPS) is 12.7. The zero-order valence-corrected chi connectivity index (χ0v) is 8.75. The zero-order valence-electron chi connectivity index (χ0n) is 7.93. The van der Waals surface area contributed by atoms with E-state index in [9.17, 15) is 9.50 Å². The molecule has 78 valence electrons. The second-order valence-electron chi connectivity index (χ2n) is 3.20. The van der Waals surface area contributed by atoms with Crippen molar-refractivity contribution in [3.05, 3.63) is 52.2 Å². The van der Waals surface area contributed by atoms with Gasteiger partial charge >= 0.3 is 0 Å². The Kier molecular flexibility index (Phi) is 3.08. The van der Waals surface area contributed by atoms with Crippen molar-refractivity contribution >= 4 is 11.3 Å². The van der Waals surface area contributed by atoms with Gasteiger partial charge in [0.2, 0.25) is 0 Å². The highest BCUT2D eigenvalue weighted by atomic mass is 32.1. The van der Waals surface area contributed by atoms with E-state index in [4.69, 9.17) is 0 Å². The van der Waals surface area contributed by atoms with Crippen molar-refractivity contribution in [2.45, 2.75) is 12.5 Å². The van der Waals surface area contributed by atoms with Crippen LogP contribution in [-0.2, 0) is 6.42 Å². The van der Waals surface area contributed by atoms with E-state index >= 15 is 0 Å². The van der Waals surface area contributed by atoms with Gasteiger partial charge in [-0.15, -0.1) is 11.3 Å². The molecule has 0 bridgehead atoms. The summed E-state index contributed by atoms with van der Waals surface area (Å²) in [5, 5.41) is 11.8. The van der Waals surface area contributed by atoms with E-state index < -0.39 is 6.10 Å². The Morgan fingerprint density at radius 3 is 2.87 bits per heavy atom. The number of aliphatic hydroxyl groups is 1. The highest BCUT2D eigenvalue weighted by molar-refractivity contribution is 7.09. The van der Waals surface area contributed by atoms with Crippen LogP contribution in [0.1, 0.15) is 16.7 Å². The van der Waals surface area contributed by atoms with Crippen molar-refractivity contribution in [1.29, 1.82) is 0 Å². The number of hydrogen-bond acceptors (Lipinski definition) is 3. The van der Waals surface area contributed by atoms with Crippen LogP contribution < -0.4 is 0 Å². The molecule has 0 radical (unpaired) electrons. The number of aliphatic hydroxyl groups excluding tert-OH is 1. The molecule has 1 N–H and O–H groups in total. The fraction of sp³-hybridized carbons (Fsp3) is 0.182. The maximum Gasteiger partial charge on any atom is 0.141 e. The molecule has 1 unspecified atom stereocenters. The van der Waals surface area contributed by atoms with Gasteiger partial charge in [0.05, 0.1) is 11.9 Å². The maximum atomic E-state index is 12.6. The van der Waals surface area contributed by atoms with E-state index in [0.717, 1.165) is 11.1 Å². The summed E-state index contributed by atoms with van der Waals surface area (Å²) in [5.41, 5.74) is 0.504. The molecule has 2 aromatic heterocycles. The summed E-state index contributed by atoms with van der Waals surface area (Å²) in [6.45, 7) is 0. The van der Waals surface area contributed by atoms with Gasteiger partial charge in [0, 0.05) is 11.3 Å². The Morgan fingerprint density at radius 1 is 1.40 bits per heavy atom. The van der Waals surface area contributed by atoms with Crippen LogP contribution in [0.5, 0.6) is 0 Å². The number of rotatable bonds is 3. The average molecular weight is 223 g/mol. The third kappa shape index (κ3) is 2.61. The Balaban J connectivity index is 2.08. The van der Waals surface area contributed by atoms with Crippen LogP contribution in [-0.4, -0.2) is 10.1 Å². The molecule has 0 aliphatic rings. The minimum absolute atomic E-state index is 0.387. The molecule has 0 saturated carbocycles. The molecule has 1 atom stereocenters. The van der Waals surface area contributed by atoms with Crippen LogP contribution in [0.2, 0.25) is 0 Å². The van der Waals surface area contributed by atoms with Gasteiger partial charge in [0.1, 0.15) is 11.9 Å². The highest BCUT2D eigenvalue weighted by Gasteiger charge is 2.10. The van der Waals surface area contributed by atoms with Gasteiger partial charge in [-0.1, -0.05) is 6.07 Å². The lowest BCUT2D eigenvalue weighted by molar-refractivity contribution is 0.174. The number of halogens is 1. The van der Waals surface area contributed by atoms with E-state index in [2.05, 4.69) is 4.98 Å². The number of hydrogen-bond donors (Lipinski definition) is 1. The molecule has 0 saturated heterocycles. The molecule has 0 amide bonds. The van der Waals surface area contributed by atoms with Crippen molar-refractivity contribution in [2.24, 2.45) is 0 Å². The Bertz CT molecular complexity index is 413. The SMILES string of the molecule is OC(Cc1cccs1)c1ccc(F)cn1. The van der Waals surface area contributed by atoms with Crippen molar-refractivity contribution in [3.8, 4) is 0 Å². The van der Waals surface area contributed by atoms with Gasteiger partial charge in [-0.3, -0.25) is 4.98 Å². The topological polar surface area (TPSA) is 33.1 Å². The number of nitrogens with zero attached hydrogens (tertiary/aromatic N) is 1. The zero-order chi connectivity index (χ0) is 10.7. The Hall–Kier alpha value is -1.26. The molecule has 0 fully saturated rings. The monoisotopic (exact) mass is 223 g/mol. The molecule has 0 spiro atoms. The van der Waals surface area contributed by atoms with Crippen LogP contribution in [0.15, 0.2) is 35.8 Å². The quantitative estimate of drug-likeness (QED) is 0.867. The molecule has 0 aliphatic carbocycles. The lowest BCUT2D eigenvalue weighted by Crippen LogP contribution is -2.03. The first kappa shape index (κ1) is 10.3. The second kappa shape index (κ2) is 4.51. The first-order valence-electron chi connectivity index (χ1n) is 4.57. The molecule has 15 heavy (non-hydrogen) atoms. The molecular weight excluding hydrogens is 213 g/mol. The lowest BCUT2D eigenvalue weighted by Gasteiger charge is -2.07. The van der Waals surface area contributed by atoms with Crippen LogP contribution in [0.3, 0.4) is 0 Å². The number of thiophene rings is 1. The number of pyridine rings is 1. The molecule has 0 aromatic carbocycles. The fourth-order valence-electron chi connectivity index (χ4n) is 1.31. The number of aromatic nitrogens is 1. The van der Waals surface area contributed by atoms with Crippen molar-refractivity contribution in [3.63, 3.8) is 0 Å². The minimum atomic E-state index is -0.663. The standard InChI is InChI=1S/C11H10FNOS/c12-8-3-4-10(13-7-8)11(14)6-9-2-1-5-15-9/h1-5,7,11,14H,6H2. The van der Waals surface area contributed by atoms with Crippen LogP contribution >= 0.6 is 11.3 Å². The highest BCUT2D eigenvalue weighted by Crippen LogP contribution is 2.19. The molecule has 0 aliphatic heterocycles. The van der Waals surface area contributed by atoms with Gasteiger partial charge in [0.15, 0.2) is 0 Å². The summed E-state index contributed by atoms with van der Waals surface area (Å²) in [7, 11) is 0. The Labute approximate surface area is 91.0 Å². The van der Waals surface area contributed by atoms with E-state index in [0.29, 0.717) is 12.1 Å². The summed E-state index contributed by atoms with van der Waals surface area (Å²) >= 11 is 1.59. The first-order chi connectivity index (χ1) is 7.25. The van der Waals surface area contributed by atoms with Crippen LogP contribution in [0.25, 0.3) is 0 Å². The van der Waals surface area contributed by atoms with Crippen molar-refractivity contribution in [2.75, 3.05) is 0 Å². The smallest absolute Gasteiger partial charge is 0.141 e. The first-order valence-corrected chi connectivity index (χ1v) is 5.45. The third-order valence-electron chi connectivity index (χ3n) is 2.07. The van der Waals surface area contributed by atoms with Gasteiger partial charge in [-0.2, -0.15) is 0 Å². The molecule has 4 heteroatoms. The van der Waals surface area contributed by atoms with Crippen LogP contribution in [0.4, 0.5) is 4.39 Å². The van der Waals surface area contributed by atoms with Gasteiger partial charge in [-0.05, 0) is 23.6 Å². The van der Waals surface area contributed by atoms with Crippen molar-refractivity contribution in [1.82, 2.24) is 4.98 Å². The largest absolute Gasteiger partial charge is 0.386 e. The molecule has 2 nitrogen and oxygen atoms in total. The van der Waals surface area contributed by atoms with E-state index in [1.165, 1.54) is 12.1 Å². The third-order valence-corrected chi connectivity index (χ3v) is 2.97. The lowest BCUT2D eigenvalue weighted by atomic mass is 10.1. The summed E-state index contributed by atoms with van der Waals surface area (Å²) in [6.07, 6.45) is 0.979. The average Bonchev–Trinajstić information content (AvgIpc) is 2.71. The van der Waals surface area contributed by atoms with E-state index in [1.807, 2.05) is 17.5 Å². The van der Waals surface area contributed by atoms with E-state index in [1.54, 1.807) is 11.3 Å². The fourth-order valence-corrected chi connectivity index (χ4v) is 2.05. The Morgan fingerprint density at radius 2 is 2.27 bits per heavy atom. The molecule has 2 heterocycles. The summed E-state index contributed by atoms with van der Waals surface area (Å²) in [6, 6.07) is 6.70. The minimum Gasteiger partial charge on any atom is -0.386 e. The molecular formula is C11H10FNOS.